The number of nitrogens with one attached hydrogen (secondary N) is 1. The van der Waals surface area contributed by atoms with Crippen molar-refractivity contribution in [2.45, 2.75) is 69.5 Å². The van der Waals surface area contributed by atoms with Crippen LogP contribution in [0.3, 0.4) is 0 Å². The van der Waals surface area contributed by atoms with Crippen molar-refractivity contribution in [2.75, 3.05) is 23.7 Å². The number of rotatable bonds is 14. The van der Waals surface area contributed by atoms with Crippen LogP contribution < -0.4 is 14.4 Å². The van der Waals surface area contributed by atoms with E-state index >= 15 is 0 Å². The smallest absolute Gasteiger partial charge is 0.264 e. The highest BCUT2D eigenvalue weighted by Crippen LogP contribution is 2.33. The minimum Gasteiger partial charge on any atom is -0.492 e. The van der Waals surface area contributed by atoms with E-state index in [0.717, 1.165) is 26.7 Å². The van der Waals surface area contributed by atoms with Crippen LogP contribution in [0.15, 0.2) is 82.6 Å². The van der Waals surface area contributed by atoms with Crippen LogP contribution >= 0.6 is 11.8 Å². The molecule has 0 aliphatic carbocycles. The Morgan fingerprint density at radius 2 is 1.60 bits per heavy atom. The summed E-state index contributed by atoms with van der Waals surface area (Å²) in [4.78, 5) is 29.8. The van der Waals surface area contributed by atoms with Gasteiger partial charge in [0, 0.05) is 17.5 Å². The first-order valence-electron chi connectivity index (χ1n) is 14.1. The molecule has 10 heteroatoms. The Morgan fingerprint density at radius 3 is 2.21 bits per heavy atom. The van der Waals surface area contributed by atoms with E-state index in [2.05, 4.69) is 5.32 Å². The molecular formula is C32H41N3O5S2. The number of hydrogen-bond donors (Lipinski definition) is 1. The van der Waals surface area contributed by atoms with Crippen LogP contribution in [0.25, 0.3) is 0 Å². The summed E-state index contributed by atoms with van der Waals surface area (Å²) in [6, 6.07) is 20.0. The lowest BCUT2D eigenvalue weighted by Gasteiger charge is -2.33. The maximum Gasteiger partial charge on any atom is 0.264 e. The third-order valence-electron chi connectivity index (χ3n) is 7.13. The van der Waals surface area contributed by atoms with Gasteiger partial charge in [0.1, 0.15) is 18.3 Å². The topological polar surface area (TPSA) is 96.0 Å². The van der Waals surface area contributed by atoms with Crippen molar-refractivity contribution < 1.29 is 22.7 Å². The Bertz CT molecular complexity index is 1460. The predicted molar refractivity (Wildman–Crippen MR) is 169 cm³/mol. The zero-order valence-corrected chi connectivity index (χ0v) is 26.8. The lowest BCUT2D eigenvalue weighted by molar-refractivity contribution is -0.139. The molecule has 3 aromatic carbocycles. The summed E-state index contributed by atoms with van der Waals surface area (Å²) >= 11 is 1.50. The molecule has 0 saturated heterocycles. The Hall–Kier alpha value is -3.50. The van der Waals surface area contributed by atoms with Gasteiger partial charge >= 0.3 is 0 Å². The molecule has 2 atom stereocenters. The zero-order valence-electron chi connectivity index (χ0n) is 25.2. The first kappa shape index (κ1) is 33.0. The van der Waals surface area contributed by atoms with Gasteiger partial charge in [0.2, 0.25) is 11.8 Å². The fraction of sp³-hybridized carbons (Fsp3) is 0.375. The number of thioether (sulfide) groups is 1. The number of benzene rings is 3. The molecule has 0 aliphatic heterocycles. The highest BCUT2D eigenvalue weighted by atomic mass is 32.2. The number of sulfonamides is 1. The van der Waals surface area contributed by atoms with Gasteiger partial charge in [0.25, 0.3) is 10.0 Å². The molecule has 0 heterocycles. The number of nitrogens with zero attached hydrogens (tertiary/aromatic N) is 2. The lowest BCUT2D eigenvalue weighted by Crippen LogP contribution is -2.52. The number of amides is 2. The molecule has 1 N–H and O–H groups in total. The van der Waals surface area contributed by atoms with E-state index in [4.69, 9.17) is 4.74 Å². The first-order valence-corrected chi connectivity index (χ1v) is 16.7. The van der Waals surface area contributed by atoms with Crippen LogP contribution in [0, 0.1) is 6.92 Å². The maximum absolute atomic E-state index is 14.2. The molecule has 0 saturated carbocycles. The number of carbonyl (C=O) groups is 2. The molecule has 3 aromatic rings. The van der Waals surface area contributed by atoms with Crippen molar-refractivity contribution in [3.8, 4) is 5.75 Å². The monoisotopic (exact) mass is 611 g/mol. The van der Waals surface area contributed by atoms with Gasteiger partial charge in [-0.05, 0) is 87.9 Å². The summed E-state index contributed by atoms with van der Waals surface area (Å²) in [5.74, 6) is -0.478. The van der Waals surface area contributed by atoms with E-state index in [1.807, 2.05) is 58.2 Å². The lowest BCUT2D eigenvalue weighted by atomic mass is 10.1. The Kier molecular flexibility index (Phi) is 11.9. The minimum absolute atomic E-state index is 0.0485. The van der Waals surface area contributed by atoms with Crippen LogP contribution in [-0.4, -0.2) is 56.6 Å². The van der Waals surface area contributed by atoms with Crippen LogP contribution in [0.4, 0.5) is 5.69 Å². The summed E-state index contributed by atoms with van der Waals surface area (Å²) in [7, 11) is -4.20. The molecule has 2 amide bonds. The van der Waals surface area contributed by atoms with Crippen molar-refractivity contribution >= 4 is 39.3 Å². The van der Waals surface area contributed by atoms with E-state index in [-0.39, 0.29) is 29.1 Å². The second kappa shape index (κ2) is 15.1. The van der Waals surface area contributed by atoms with E-state index in [0.29, 0.717) is 12.4 Å². The summed E-state index contributed by atoms with van der Waals surface area (Å²) in [6.07, 6.45) is 2.65. The molecule has 0 bridgehead atoms. The van der Waals surface area contributed by atoms with E-state index in [9.17, 15) is 18.0 Å². The predicted octanol–water partition coefficient (Wildman–Crippen LogP) is 5.64. The summed E-state index contributed by atoms with van der Waals surface area (Å²) in [6.45, 7) is 9.22. The largest absolute Gasteiger partial charge is 0.492 e. The van der Waals surface area contributed by atoms with Crippen molar-refractivity contribution in [1.29, 1.82) is 0 Å². The number of hydrogen-bond acceptors (Lipinski definition) is 6. The van der Waals surface area contributed by atoms with Crippen LogP contribution in [-0.2, 0) is 26.2 Å². The second-order valence-electron chi connectivity index (χ2n) is 10.0. The molecule has 0 radical (unpaired) electrons. The highest BCUT2D eigenvalue weighted by Gasteiger charge is 2.34. The molecular weight excluding hydrogens is 571 g/mol. The standard InChI is InChI=1S/C32H41N3O5S2/c1-7-24(4)33-32(37)25(5)34(21-26-14-10-9-13-23(26)3)31(36)22-35(29-15-11-12-16-30(29)40-8-2)42(38,39)28-19-17-27(41-6)18-20-28/h9-20,24-25H,7-8,21-22H2,1-6H3,(H,33,37)/t24-,25+/m0/s1. The molecule has 3 rings (SSSR count). The summed E-state index contributed by atoms with van der Waals surface area (Å²) in [5, 5.41) is 2.96. The van der Waals surface area contributed by atoms with Gasteiger partial charge in [0.05, 0.1) is 17.2 Å². The summed E-state index contributed by atoms with van der Waals surface area (Å²) < 4.78 is 35.2. The van der Waals surface area contributed by atoms with Crippen LogP contribution in [0.1, 0.15) is 45.2 Å². The van der Waals surface area contributed by atoms with Gasteiger partial charge in [-0.2, -0.15) is 0 Å². The van der Waals surface area contributed by atoms with E-state index in [1.165, 1.54) is 28.8 Å². The van der Waals surface area contributed by atoms with Crippen molar-refractivity contribution in [1.82, 2.24) is 10.2 Å². The van der Waals surface area contributed by atoms with Crippen molar-refractivity contribution in [2.24, 2.45) is 0 Å². The zero-order chi connectivity index (χ0) is 30.9. The number of aryl methyl sites for hydroxylation is 1. The van der Waals surface area contributed by atoms with E-state index < -0.39 is 28.5 Å². The van der Waals surface area contributed by atoms with Gasteiger partial charge < -0.3 is 15.0 Å². The minimum atomic E-state index is -4.20. The number of anilines is 1. The normalized spacial score (nSPS) is 12.7. The molecule has 0 aromatic heterocycles. The molecule has 0 unspecified atom stereocenters. The molecule has 0 aliphatic rings. The van der Waals surface area contributed by atoms with Crippen LogP contribution in [0.2, 0.25) is 0 Å². The quantitative estimate of drug-likeness (QED) is 0.237. The van der Waals surface area contributed by atoms with Gasteiger partial charge in [-0.25, -0.2) is 8.42 Å². The number of ether oxygens (including phenoxy) is 1. The van der Waals surface area contributed by atoms with Crippen molar-refractivity contribution in [3.63, 3.8) is 0 Å². The fourth-order valence-electron chi connectivity index (χ4n) is 4.35. The Balaban J connectivity index is 2.09. The number of carbonyl (C=O) groups excluding carboxylic acids is 2. The summed E-state index contributed by atoms with van der Waals surface area (Å²) in [5.41, 5.74) is 2.07. The van der Waals surface area contributed by atoms with Gasteiger partial charge in [0.15, 0.2) is 0 Å². The SMILES string of the molecule is CCOc1ccccc1N(CC(=O)N(Cc1ccccc1C)[C@H](C)C(=O)N[C@@H](C)CC)S(=O)(=O)c1ccc(SC)cc1. The molecule has 0 fully saturated rings. The van der Waals surface area contributed by atoms with E-state index in [1.54, 1.807) is 43.3 Å². The molecule has 0 spiro atoms. The Morgan fingerprint density at radius 1 is 0.952 bits per heavy atom. The Labute approximate surface area is 254 Å². The maximum atomic E-state index is 14.2. The number of para-hydroxylation sites is 2. The second-order valence-corrected chi connectivity index (χ2v) is 12.8. The van der Waals surface area contributed by atoms with Gasteiger partial charge in [-0.15, -0.1) is 11.8 Å². The molecule has 8 nitrogen and oxygen atoms in total. The van der Waals surface area contributed by atoms with Crippen LogP contribution in [0.5, 0.6) is 5.75 Å². The first-order chi connectivity index (χ1) is 20.0. The van der Waals surface area contributed by atoms with Gasteiger partial charge in [-0.1, -0.05) is 43.3 Å². The van der Waals surface area contributed by atoms with Gasteiger partial charge in [-0.3, -0.25) is 13.9 Å². The average molecular weight is 612 g/mol. The molecule has 42 heavy (non-hydrogen) atoms. The van der Waals surface area contributed by atoms with Crippen molar-refractivity contribution in [3.05, 3.63) is 83.9 Å². The molecule has 226 valence electrons. The highest BCUT2D eigenvalue weighted by molar-refractivity contribution is 7.98. The third-order valence-corrected chi connectivity index (χ3v) is 9.65. The fourth-order valence-corrected chi connectivity index (χ4v) is 6.18. The average Bonchev–Trinajstić information content (AvgIpc) is 2.99. The third kappa shape index (κ3) is 8.07.